The van der Waals surface area contributed by atoms with E-state index in [0.717, 1.165) is 30.2 Å². The van der Waals surface area contributed by atoms with Gasteiger partial charge in [0.05, 0.1) is 5.69 Å². The normalized spacial score (nSPS) is 18.4. The lowest BCUT2D eigenvalue weighted by atomic mass is 10.1. The van der Waals surface area contributed by atoms with Crippen molar-refractivity contribution in [2.24, 2.45) is 0 Å². The molecule has 0 unspecified atom stereocenters. The quantitative estimate of drug-likeness (QED) is 0.928. The maximum Gasteiger partial charge on any atom is 0.125 e. The third-order valence-corrected chi connectivity index (χ3v) is 3.83. The molecule has 0 spiro atoms. The van der Waals surface area contributed by atoms with Crippen LogP contribution in [0.2, 0.25) is 0 Å². The topological polar surface area (TPSA) is 37.8 Å². The zero-order valence-electron chi connectivity index (χ0n) is 12.2. The van der Waals surface area contributed by atoms with E-state index in [9.17, 15) is 0 Å². The molecule has 1 saturated heterocycles. The van der Waals surface area contributed by atoms with E-state index in [-0.39, 0.29) is 0 Å². The maximum atomic E-state index is 4.60. The van der Waals surface area contributed by atoms with Crippen LogP contribution in [0.5, 0.6) is 0 Å². The molecule has 1 aliphatic heterocycles. The van der Waals surface area contributed by atoms with Gasteiger partial charge in [-0.15, -0.1) is 0 Å². The zero-order valence-corrected chi connectivity index (χ0v) is 12.2. The molecule has 3 rings (SSSR count). The maximum absolute atomic E-state index is 4.60. The van der Waals surface area contributed by atoms with Gasteiger partial charge in [-0.1, -0.05) is 29.8 Å². The molecule has 1 atom stereocenters. The molecule has 1 N–H and O–H groups in total. The average Bonchev–Trinajstić information content (AvgIpc) is 2.95. The van der Waals surface area contributed by atoms with Gasteiger partial charge in [0.2, 0.25) is 0 Å². The number of hydrogen-bond donors (Lipinski definition) is 1. The summed E-state index contributed by atoms with van der Waals surface area (Å²) in [6.07, 6.45) is 3.30. The lowest BCUT2D eigenvalue weighted by molar-refractivity contribution is 0.620. The van der Waals surface area contributed by atoms with Crippen LogP contribution in [-0.2, 0) is 6.42 Å². The minimum Gasteiger partial charge on any atom is -0.309 e. The van der Waals surface area contributed by atoms with E-state index in [1.165, 1.54) is 24.0 Å². The van der Waals surface area contributed by atoms with Crippen LogP contribution >= 0.6 is 0 Å². The standard InChI is InChI=1S/C17H21N3/c1-12-5-7-14(8-6-12)10-15-11-17(20-13(2)19-15)16-4-3-9-18-16/h5-8,11,16,18H,3-4,9-10H2,1-2H3/t16-/m0/s1. The van der Waals surface area contributed by atoms with Gasteiger partial charge in [-0.2, -0.15) is 0 Å². The molecule has 2 heterocycles. The van der Waals surface area contributed by atoms with Gasteiger partial charge in [0.1, 0.15) is 5.82 Å². The van der Waals surface area contributed by atoms with Crippen LogP contribution in [0.4, 0.5) is 0 Å². The minimum absolute atomic E-state index is 0.411. The molecule has 2 aromatic rings. The predicted molar refractivity (Wildman–Crippen MR) is 80.7 cm³/mol. The summed E-state index contributed by atoms with van der Waals surface area (Å²) in [5.41, 5.74) is 4.87. The number of nitrogens with one attached hydrogen (secondary N) is 1. The second-order valence-corrected chi connectivity index (χ2v) is 5.64. The van der Waals surface area contributed by atoms with Crippen LogP contribution < -0.4 is 5.32 Å². The average molecular weight is 267 g/mol. The SMILES string of the molecule is Cc1ccc(Cc2cc([C@@H]3CCCN3)nc(C)n2)cc1. The smallest absolute Gasteiger partial charge is 0.125 e. The second kappa shape index (κ2) is 5.71. The Morgan fingerprint density at radius 2 is 1.95 bits per heavy atom. The Hall–Kier alpha value is -1.74. The number of nitrogens with zero attached hydrogens (tertiary/aromatic N) is 2. The summed E-state index contributed by atoms with van der Waals surface area (Å²) >= 11 is 0. The molecule has 0 aliphatic carbocycles. The highest BCUT2D eigenvalue weighted by molar-refractivity contribution is 5.27. The van der Waals surface area contributed by atoms with E-state index in [1.807, 2.05) is 6.92 Å². The number of benzene rings is 1. The molecule has 0 amide bonds. The van der Waals surface area contributed by atoms with Crippen LogP contribution in [-0.4, -0.2) is 16.5 Å². The van der Waals surface area contributed by atoms with Crippen molar-refractivity contribution in [1.82, 2.24) is 15.3 Å². The van der Waals surface area contributed by atoms with Gasteiger partial charge < -0.3 is 5.32 Å². The second-order valence-electron chi connectivity index (χ2n) is 5.64. The lowest BCUT2D eigenvalue weighted by Crippen LogP contribution is -2.15. The molecule has 3 heteroatoms. The Bertz CT molecular complexity index is 584. The van der Waals surface area contributed by atoms with E-state index in [0.29, 0.717) is 6.04 Å². The number of aromatic nitrogens is 2. The first kappa shape index (κ1) is 13.3. The molecular weight excluding hydrogens is 246 g/mol. The molecular formula is C17H21N3. The van der Waals surface area contributed by atoms with Gasteiger partial charge in [0, 0.05) is 18.2 Å². The molecule has 3 nitrogen and oxygen atoms in total. The number of aryl methyl sites for hydroxylation is 2. The van der Waals surface area contributed by atoms with E-state index in [2.05, 4.69) is 52.5 Å². The molecule has 1 fully saturated rings. The van der Waals surface area contributed by atoms with Crippen molar-refractivity contribution in [2.75, 3.05) is 6.54 Å². The van der Waals surface area contributed by atoms with Gasteiger partial charge in [0.15, 0.2) is 0 Å². The van der Waals surface area contributed by atoms with Gasteiger partial charge in [-0.05, 0) is 44.9 Å². The fourth-order valence-corrected chi connectivity index (χ4v) is 2.78. The predicted octanol–water partition coefficient (Wildman–Crippen LogP) is 3.11. The fourth-order valence-electron chi connectivity index (χ4n) is 2.78. The number of rotatable bonds is 3. The van der Waals surface area contributed by atoms with E-state index < -0.39 is 0 Å². The summed E-state index contributed by atoms with van der Waals surface area (Å²) in [6, 6.07) is 11.2. The highest BCUT2D eigenvalue weighted by Crippen LogP contribution is 2.22. The van der Waals surface area contributed by atoms with Crippen molar-refractivity contribution in [3.05, 3.63) is 58.7 Å². The third-order valence-electron chi connectivity index (χ3n) is 3.83. The summed E-state index contributed by atoms with van der Waals surface area (Å²) in [7, 11) is 0. The molecule has 0 radical (unpaired) electrons. The summed E-state index contributed by atoms with van der Waals surface area (Å²) in [6.45, 7) is 5.20. The molecule has 104 valence electrons. The molecule has 1 aliphatic rings. The monoisotopic (exact) mass is 267 g/mol. The first-order chi connectivity index (χ1) is 9.70. The Labute approximate surface area is 120 Å². The van der Waals surface area contributed by atoms with Gasteiger partial charge >= 0.3 is 0 Å². The third kappa shape index (κ3) is 3.05. The van der Waals surface area contributed by atoms with Gasteiger partial charge in [0.25, 0.3) is 0 Å². The molecule has 1 aromatic carbocycles. The molecule has 0 saturated carbocycles. The Morgan fingerprint density at radius 3 is 2.65 bits per heavy atom. The molecule has 0 bridgehead atoms. The minimum atomic E-state index is 0.411. The van der Waals surface area contributed by atoms with Crippen molar-refractivity contribution in [1.29, 1.82) is 0 Å². The van der Waals surface area contributed by atoms with E-state index in [1.54, 1.807) is 0 Å². The van der Waals surface area contributed by atoms with Gasteiger partial charge in [-0.25, -0.2) is 9.97 Å². The highest BCUT2D eigenvalue weighted by Gasteiger charge is 2.18. The van der Waals surface area contributed by atoms with E-state index >= 15 is 0 Å². The largest absolute Gasteiger partial charge is 0.309 e. The first-order valence-electron chi connectivity index (χ1n) is 7.34. The summed E-state index contributed by atoms with van der Waals surface area (Å²) < 4.78 is 0. The Morgan fingerprint density at radius 1 is 1.15 bits per heavy atom. The fraction of sp³-hybridized carbons (Fsp3) is 0.412. The van der Waals surface area contributed by atoms with Crippen molar-refractivity contribution >= 4 is 0 Å². The van der Waals surface area contributed by atoms with Crippen LogP contribution in [0.25, 0.3) is 0 Å². The summed E-state index contributed by atoms with van der Waals surface area (Å²) in [4.78, 5) is 9.18. The van der Waals surface area contributed by atoms with Crippen molar-refractivity contribution in [3.63, 3.8) is 0 Å². The van der Waals surface area contributed by atoms with Crippen molar-refractivity contribution < 1.29 is 0 Å². The van der Waals surface area contributed by atoms with Crippen LogP contribution in [0.3, 0.4) is 0 Å². The first-order valence-corrected chi connectivity index (χ1v) is 7.34. The summed E-state index contributed by atoms with van der Waals surface area (Å²) in [5.74, 6) is 0.873. The Kier molecular flexibility index (Phi) is 3.79. The van der Waals surface area contributed by atoms with Crippen LogP contribution in [0, 0.1) is 13.8 Å². The molecule has 1 aromatic heterocycles. The van der Waals surface area contributed by atoms with Crippen molar-refractivity contribution in [2.45, 2.75) is 39.2 Å². The lowest BCUT2D eigenvalue weighted by Gasteiger charge is -2.12. The Balaban J connectivity index is 1.83. The number of hydrogen-bond acceptors (Lipinski definition) is 3. The summed E-state index contributed by atoms with van der Waals surface area (Å²) in [5, 5.41) is 3.51. The van der Waals surface area contributed by atoms with Crippen LogP contribution in [0.15, 0.2) is 30.3 Å². The zero-order chi connectivity index (χ0) is 13.9. The van der Waals surface area contributed by atoms with E-state index in [4.69, 9.17) is 0 Å². The molecule has 20 heavy (non-hydrogen) atoms. The highest BCUT2D eigenvalue weighted by atomic mass is 15.0. The van der Waals surface area contributed by atoms with Gasteiger partial charge in [-0.3, -0.25) is 0 Å². The van der Waals surface area contributed by atoms with Crippen LogP contribution in [0.1, 0.15) is 47.2 Å². The van der Waals surface area contributed by atoms with Crippen molar-refractivity contribution in [3.8, 4) is 0 Å².